The van der Waals surface area contributed by atoms with E-state index in [1.807, 2.05) is 12.1 Å². The van der Waals surface area contributed by atoms with E-state index in [9.17, 15) is 9.18 Å². The Morgan fingerprint density at radius 2 is 1.97 bits per heavy atom. The Kier molecular flexibility index (Phi) is 5.76. The van der Waals surface area contributed by atoms with Gasteiger partial charge in [0, 0.05) is 37.3 Å². The van der Waals surface area contributed by atoms with Gasteiger partial charge in [-0.05, 0) is 37.5 Å². The van der Waals surface area contributed by atoms with Gasteiger partial charge in [-0.1, -0.05) is 12.5 Å². The first-order valence-electron chi connectivity index (χ1n) is 10.2. The molecule has 1 aromatic carbocycles. The SMILES string of the molecule is CCOC(=O)c1cnc(CC2(c3ccc(F)c(N4CCOCC4)c3)CCC2)nc1. The molecule has 0 bridgehead atoms. The summed E-state index contributed by atoms with van der Waals surface area (Å²) in [6, 6.07) is 5.46. The van der Waals surface area contributed by atoms with E-state index < -0.39 is 5.97 Å². The molecular weight excluding hydrogens is 373 g/mol. The summed E-state index contributed by atoms with van der Waals surface area (Å²) in [5.74, 6) is 0.0845. The molecule has 1 aliphatic heterocycles. The monoisotopic (exact) mass is 399 g/mol. The minimum atomic E-state index is -0.411. The van der Waals surface area contributed by atoms with Crippen molar-refractivity contribution >= 4 is 11.7 Å². The van der Waals surface area contributed by atoms with Gasteiger partial charge >= 0.3 is 5.97 Å². The topological polar surface area (TPSA) is 64.5 Å². The first-order chi connectivity index (χ1) is 14.1. The predicted octanol–water partition coefficient (Wildman–Crippen LogP) is 3.29. The van der Waals surface area contributed by atoms with Gasteiger partial charge in [-0.3, -0.25) is 0 Å². The fourth-order valence-electron chi connectivity index (χ4n) is 4.13. The Hall–Kier alpha value is -2.54. The lowest BCUT2D eigenvalue weighted by atomic mass is 9.62. The van der Waals surface area contributed by atoms with Crippen molar-refractivity contribution < 1.29 is 18.7 Å². The highest BCUT2D eigenvalue weighted by atomic mass is 19.1. The zero-order valence-electron chi connectivity index (χ0n) is 16.7. The molecule has 6 nitrogen and oxygen atoms in total. The maximum absolute atomic E-state index is 14.5. The number of morpholine rings is 1. The summed E-state index contributed by atoms with van der Waals surface area (Å²) in [6.45, 7) is 4.73. The van der Waals surface area contributed by atoms with Gasteiger partial charge in [0.25, 0.3) is 0 Å². The molecule has 2 heterocycles. The van der Waals surface area contributed by atoms with Gasteiger partial charge in [0.2, 0.25) is 0 Å². The van der Waals surface area contributed by atoms with Crippen LogP contribution < -0.4 is 4.90 Å². The van der Waals surface area contributed by atoms with Crippen molar-refractivity contribution in [2.75, 3.05) is 37.8 Å². The number of benzene rings is 1. The normalized spacial score (nSPS) is 18.2. The largest absolute Gasteiger partial charge is 0.462 e. The average molecular weight is 399 g/mol. The Morgan fingerprint density at radius 3 is 2.59 bits per heavy atom. The molecule has 0 unspecified atom stereocenters. The number of carbonyl (C=O) groups is 1. The number of aromatic nitrogens is 2. The minimum absolute atomic E-state index is 0.0832. The van der Waals surface area contributed by atoms with Gasteiger partial charge in [-0.2, -0.15) is 0 Å². The fraction of sp³-hybridized carbons (Fsp3) is 0.500. The second kappa shape index (κ2) is 8.45. The summed E-state index contributed by atoms with van der Waals surface area (Å²) in [6.07, 6.45) is 6.89. The number of rotatable bonds is 6. The molecule has 0 amide bonds. The lowest BCUT2D eigenvalue weighted by Crippen LogP contribution is -2.39. The summed E-state index contributed by atoms with van der Waals surface area (Å²) in [4.78, 5) is 22.6. The van der Waals surface area contributed by atoms with Crippen LogP contribution in [0.4, 0.5) is 10.1 Å². The highest BCUT2D eigenvalue weighted by Crippen LogP contribution is 2.46. The minimum Gasteiger partial charge on any atom is -0.462 e. The van der Waals surface area contributed by atoms with Crippen LogP contribution in [0.1, 0.15) is 47.9 Å². The van der Waals surface area contributed by atoms with Crippen molar-refractivity contribution in [1.82, 2.24) is 9.97 Å². The number of hydrogen-bond donors (Lipinski definition) is 0. The number of nitrogens with zero attached hydrogens (tertiary/aromatic N) is 3. The second-order valence-electron chi connectivity index (χ2n) is 7.68. The van der Waals surface area contributed by atoms with E-state index in [2.05, 4.69) is 14.9 Å². The number of hydrogen-bond acceptors (Lipinski definition) is 6. The maximum atomic E-state index is 14.5. The first kappa shape index (κ1) is 19.8. The molecular formula is C22H26FN3O3. The van der Waals surface area contributed by atoms with E-state index >= 15 is 0 Å². The Morgan fingerprint density at radius 1 is 1.24 bits per heavy atom. The van der Waals surface area contributed by atoms with Gasteiger partial charge in [0.15, 0.2) is 0 Å². The predicted molar refractivity (Wildman–Crippen MR) is 107 cm³/mol. The third kappa shape index (κ3) is 4.10. The highest BCUT2D eigenvalue weighted by Gasteiger charge is 2.40. The molecule has 1 aliphatic carbocycles. The van der Waals surface area contributed by atoms with Crippen LogP contribution in [0.2, 0.25) is 0 Å². The van der Waals surface area contributed by atoms with Crippen molar-refractivity contribution in [3.8, 4) is 0 Å². The zero-order valence-corrected chi connectivity index (χ0v) is 16.7. The van der Waals surface area contributed by atoms with Crippen LogP contribution >= 0.6 is 0 Å². The number of halogens is 1. The summed E-state index contributed by atoms with van der Waals surface area (Å²) >= 11 is 0. The number of ether oxygens (including phenoxy) is 2. The van der Waals surface area contributed by atoms with Crippen molar-refractivity contribution in [3.05, 3.63) is 53.4 Å². The number of anilines is 1. The Bertz CT molecular complexity index is 862. The lowest BCUT2D eigenvalue weighted by Gasteiger charge is -2.43. The van der Waals surface area contributed by atoms with Crippen LogP contribution in [-0.2, 0) is 21.3 Å². The molecule has 1 saturated carbocycles. The van der Waals surface area contributed by atoms with Gasteiger partial charge in [-0.25, -0.2) is 19.2 Å². The third-order valence-electron chi connectivity index (χ3n) is 5.93. The molecule has 0 spiro atoms. The highest BCUT2D eigenvalue weighted by molar-refractivity contribution is 5.88. The molecule has 0 N–H and O–H groups in total. The molecule has 29 heavy (non-hydrogen) atoms. The Labute approximate surface area is 170 Å². The molecule has 2 aliphatic rings. The van der Waals surface area contributed by atoms with Crippen molar-refractivity contribution in [2.45, 2.75) is 38.0 Å². The molecule has 2 fully saturated rings. The van der Waals surface area contributed by atoms with E-state index in [4.69, 9.17) is 9.47 Å². The van der Waals surface area contributed by atoms with Crippen LogP contribution in [0.5, 0.6) is 0 Å². The molecule has 1 aromatic heterocycles. The van der Waals surface area contributed by atoms with E-state index in [1.165, 1.54) is 12.4 Å². The molecule has 0 radical (unpaired) electrons. The Balaban J connectivity index is 1.55. The van der Waals surface area contributed by atoms with Gasteiger partial charge in [0.1, 0.15) is 11.6 Å². The van der Waals surface area contributed by atoms with E-state index in [0.29, 0.717) is 56.4 Å². The van der Waals surface area contributed by atoms with Crippen molar-refractivity contribution in [1.29, 1.82) is 0 Å². The van der Waals surface area contributed by atoms with E-state index in [-0.39, 0.29) is 11.2 Å². The van der Waals surface area contributed by atoms with Crippen molar-refractivity contribution in [3.63, 3.8) is 0 Å². The molecule has 0 atom stereocenters. The first-order valence-corrected chi connectivity index (χ1v) is 10.2. The smallest absolute Gasteiger partial charge is 0.341 e. The second-order valence-corrected chi connectivity index (χ2v) is 7.68. The molecule has 154 valence electrons. The summed E-state index contributed by atoms with van der Waals surface area (Å²) in [7, 11) is 0. The standard InChI is InChI=1S/C22H26FN3O3/c1-2-29-21(27)16-14-24-20(25-15-16)13-22(6-3-7-22)17-4-5-18(23)19(12-17)26-8-10-28-11-9-26/h4-5,12,14-15H,2-3,6-11,13H2,1H3. The fourth-order valence-corrected chi connectivity index (χ4v) is 4.13. The molecule has 2 aromatic rings. The maximum Gasteiger partial charge on any atom is 0.341 e. The average Bonchev–Trinajstić information content (AvgIpc) is 2.72. The third-order valence-corrected chi connectivity index (χ3v) is 5.93. The van der Waals surface area contributed by atoms with Crippen LogP contribution in [0.3, 0.4) is 0 Å². The molecule has 7 heteroatoms. The lowest BCUT2D eigenvalue weighted by molar-refractivity contribution is 0.0525. The number of carbonyl (C=O) groups excluding carboxylic acids is 1. The summed E-state index contributed by atoms with van der Waals surface area (Å²) < 4.78 is 24.9. The van der Waals surface area contributed by atoms with Crippen LogP contribution in [0.15, 0.2) is 30.6 Å². The van der Waals surface area contributed by atoms with Crippen molar-refractivity contribution in [2.24, 2.45) is 0 Å². The van der Waals surface area contributed by atoms with Crippen LogP contribution in [0.25, 0.3) is 0 Å². The van der Waals surface area contributed by atoms with E-state index in [0.717, 1.165) is 24.8 Å². The van der Waals surface area contributed by atoms with Gasteiger partial charge < -0.3 is 14.4 Å². The summed E-state index contributed by atoms with van der Waals surface area (Å²) in [5.41, 5.74) is 2.05. The summed E-state index contributed by atoms with van der Waals surface area (Å²) in [5, 5.41) is 0. The van der Waals surface area contributed by atoms with Crippen LogP contribution in [0, 0.1) is 5.82 Å². The van der Waals surface area contributed by atoms with Crippen LogP contribution in [-0.4, -0.2) is 48.8 Å². The molecule has 1 saturated heterocycles. The van der Waals surface area contributed by atoms with Gasteiger partial charge in [-0.15, -0.1) is 0 Å². The van der Waals surface area contributed by atoms with E-state index in [1.54, 1.807) is 13.0 Å². The van der Waals surface area contributed by atoms with Gasteiger partial charge in [0.05, 0.1) is 31.1 Å². The zero-order chi connectivity index (χ0) is 20.3. The number of esters is 1. The quantitative estimate of drug-likeness (QED) is 0.695. The molecule has 4 rings (SSSR count).